The predicted molar refractivity (Wildman–Crippen MR) is 106 cm³/mol. The number of fused-ring (bicyclic) bond motifs is 6. The molecular formula is C22H19N3O4. The highest BCUT2D eigenvalue weighted by atomic mass is 16.6. The number of aromatic nitrogens is 1. The Balaban J connectivity index is 1.49. The lowest BCUT2D eigenvalue weighted by atomic mass is 9.87. The van der Waals surface area contributed by atoms with Crippen LogP contribution in [0.15, 0.2) is 42.5 Å². The van der Waals surface area contributed by atoms with Crippen molar-refractivity contribution in [2.75, 3.05) is 24.7 Å². The van der Waals surface area contributed by atoms with Crippen LogP contribution < -0.4 is 14.4 Å². The van der Waals surface area contributed by atoms with Crippen LogP contribution in [0, 0.1) is 0 Å². The molecular weight excluding hydrogens is 370 g/mol. The number of urea groups is 1. The van der Waals surface area contributed by atoms with Crippen LogP contribution >= 0.6 is 0 Å². The van der Waals surface area contributed by atoms with Gasteiger partial charge in [-0.25, -0.2) is 9.69 Å². The Bertz CT molecular complexity index is 1200. The molecule has 2 aromatic carbocycles. The van der Waals surface area contributed by atoms with Crippen LogP contribution in [0.5, 0.6) is 11.5 Å². The van der Waals surface area contributed by atoms with Gasteiger partial charge >= 0.3 is 6.03 Å². The first-order valence-electron chi connectivity index (χ1n) is 9.75. The molecule has 1 fully saturated rings. The molecule has 146 valence electrons. The van der Waals surface area contributed by atoms with E-state index in [1.54, 1.807) is 23.1 Å². The molecule has 1 unspecified atom stereocenters. The fourth-order valence-corrected chi connectivity index (χ4v) is 4.79. The molecule has 7 nitrogen and oxygen atoms in total. The highest BCUT2D eigenvalue weighted by Crippen LogP contribution is 2.46. The Kier molecular flexibility index (Phi) is 3.14. The largest absolute Gasteiger partial charge is 0.486 e. The summed E-state index contributed by atoms with van der Waals surface area (Å²) in [4.78, 5) is 33.3. The number of carbonyl (C=O) groups excluding carboxylic acids is 2. The van der Waals surface area contributed by atoms with Crippen LogP contribution in [0.4, 0.5) is 10.5 Å². The van der Waals surface area contributed by atoms with Crippen LogP contribution in [0.2, 0.25) is 0 Å². The maximum Gasteiger partial charge on any atom is 0.332 e. The van der Waals surface area contributed by atoms with Gasteiger partial charge in [0.2, 0.25) is 0 Å². The quantitative estimate of drug-likeness (QED) is 0.649. The van der Waals surface area contributed by atoms with E-state index in [1.165, 1.54) is 4.90 Å². The third-order valence-corrected chi connectivity index (χ3v) is 6.25. The second-order valence-electron chi connectivity index (χ2n) is 7.75. The van der Waals surface area contributed by atoms with Gasteiger partial charge in [-0.3, -0.25) is 4.79 Å². The number of para-hydroxylation sites is 1. The molecule has 6 rings (SSSR count). The number of aromatic amines is 1. The topological polar surface area (TPSA) is 74.9 Å². The van der Waals surface area contributed by atoms with Crippen LogP contribution in [0.1, 0.15) is 18.2 Å². The molecule has 3 aliphatic rings. The van der Waals surface area contributed by atoms with Gasteiger partial charge in [0.15, 0.2) is 17.0 Å². The number of anilines is 1. The standard InChI is InChI=1S/C22H19N3O4/c1-22-19-15(14-4-2-3-5-16(14)23-19)8-9-24(22)21(27)25(20(22)26)13-6-7-17-18(12-13)29-11-10-28-17/h2-7,12,23H,8-11H2,1H3. The van der Waals surface area contributed by atoms with E-state index in [2.05, 4.69) is 11.1 Å². The molecule has 1 N–H and O–H groups in total. The van der Waals surface area contributed by atoms with Crippen molar-refractivity contribution in [2.24, 2.45) is 0 Å². The second kappa shape index (κ2) is 5.53. The van der Waals surface area contributed by atoms with Crippen molar-refractivity contribution in [3.8, 4) is 11.5 Å². The Morgan fingerprint density at radius 3 is 2.69 bits per heavy atom. The number of benzene rings is 2. The van der Waals surface area contributed by atoms with E-state index in [-0.39, 0.29) is 11.9 Å². The van der Waals surface area contributed by atoms with Crippen LogP contribution in [-0.4, -0.2) is 41.6 Å². The summed E-state index contributed by atoms with van der Waals surface area (Å²) < 4.78 is 11.2. The van der Waals surface area contributed by atoms with Gasteiger partial charge in [-0.2, -0.15) is 0 Å². The molecule has 0 spiro atoms. The molecule has 29 heavy (non-hydrogen) atoms. The molecule has 1 aromatic heterocycles. The van der Waals surface area contributed by atoms with Crippen molar-refractivity contribution in [2.45, 2.75) is 18.9 Å². The maximum atomic E-state index is 13.7. The van der Waals surface area contributed by atoms with Crippen LogP contribution in [0.3, 0.4) is 0 Å². The summed E-state index contributed by atoms with van der Waals surface area (Å²) in [6.45, 7) is 3.26. The molecule has 3 amide bonds. The van der Waals surface area contributed by atoms with E-state index in [4.69, 9.17) is 9.47 Å². The average molecular weight is 389 g/mol. The number of H-pyrrole nitrogens is 1. The van der Waals surface area contributed by atoms with Gasteiger partial charge < -0.3 is 19.4 Å². The average Bonchev–Trinajstić information content (AvgIpc) is 3.22. The lowest BCUT2D eigenvalue weighted by Gasteiger charge is -2.35. The number of carbonyl (C=O) groups is 2. The lowest BCUT2D eigenvalue weighted by Crippen LogP contribution is -2.49. The summed E-state index contributed by atoms with van der Waals surface area (Å²) in [5, 5.41) is 1.11. The first-order valence-corrected chi connectivity index (χ1v) is 9.75. The van der Waals surface area contributed by atoms with Gasteiger partial charge in [-0.15, -0.1) is 0 Å². The molecule has 0 radical (unpaired) electrons. The molecule has 3 aromatic rings. The Morgan fingerprint density at radius 2 is 1.83 bits per heavy atom. The monoisotopic (exact) mass is 389 g/mol. The Labute approximate surface area is 166 Å². The van der Waals surface area contributed by atoms with E-state index in [0.29, 0.717) is 43.4 Å². The highest BCUT2D eigenvalue weighted by Gasteiger charge is 2.59. The molecule has 0 aliphatic carbocycles. The molecule has 0 bridgehead atoms. The minimum Gasteiger partial charge on any atom is -0.486 e. The number of rotatable bonds is 1. The van der Waals surface area contributed by atoms with Crippen LogP contribution in [0.25, 0.3) is 10.9 Å². The summed E-state index contributed by atoms with van der Waals surface area (Å²) in [6, 6.07) is 12.9. The SMILES string of the molecule is CC12C(=O)N(c3ccc4c(c3)OCCO4)C(=O)N1CCc1c2[nH]c2ccccc12. The maximum absolute atomic E-state index is 13.7. The minimum atomic E-state index is -1.06. The molecule has 4 heterocycles. The smallest absolute Gasteiger partial charge is 0.332 e. The summed E-state index contributed by atoms with van der Waals surface area (Å²) in [7, 11) is 0. The molecule has 1 saturated heterocycles. The van der Waals surface area contributed by atoms with E-state index >= 15 is 0 Å². The first kappa shape index (κ1) is 16.5. The molecule has 1 atom stereocenters. The number of hydrogen-bond donors (Lipinski definition) is 1. The number of ether oxygens (including phenoxy) is 2. The number of amides is 3. The summed E-state index contributed by atoms with van der Waals surface area (Å²) >= 11 is 0. The lowest BCUT2D eigenvalue weighted by molar-refractivity contribution is -0.125. The van der Waals surface area contributed by atoms with Gasteiger partial charge in [-0.1, -0.05) is 18.2 Å². The first-order chi connectivity index (χ1) is 14.1. The number of nitrogens with one attached hydrogen (secondary N) is 1. The third kappa shape index (κ3) is 2.02. The van der Waals surface area contributed by atoms with Gasteiger partial charge in [0.25, 0.3) is 5.91 Å². The van der Waals surface area contributed by atoms with Gasteiger partial charge in [0.1, 0.15) is 13.2 Å². The highest BCUT2D eigenvalue weighted by molar-refractivity contribution is 6.23. The summed E-state index contributed by atoms with van der Waals surface area (Å²) in [5.74, 6) is 0.920. The molecule has 7 heteroatoms. The third-order valence-electron chi connectivity index (χ3n) is 6.25. The van der Waals surface area contributed by atoms with Crippen molar-refractivity contribution in [1.29, 1.82) is 0 Å². The van der Waals surface area contributed by atoms with E-state index < -0.39 is 5.54 Å². The van der Waals surface area contributed by atoms with E-state index in [0.717, 1.165) is 22.2 Å². The Hall–Kier alpha value is -3.48. The van der Waals surface area contributed by atoms with E-state index in [9.17, 15) is 9.59 Å². The Morgan fingerprint density at radius 1 is 1.03 bits per heavy atom. The van der Waals surface area contributed by atoms with Crippen LogP contribution in [-0.2, 0) is 16.8 Å². The fraction of sp³-hybridized carbons (Fsp3) is 0.273. The van der Waals surface area contributed by atoms with Gasteiger partial charge in [-0.05, 0) is 37.1 Å². The van der Waals surface area contributed by atoms with Crippen molar-refractivity contribution in [1.82, 2.24) is 9.88 Å². The fourth-order valence-electron chi connectivity index (χ4n) is 4.79. The second-order valence-corrected chi connectivity index (χ2v) is 7.75. The van der Waals surface area contributed by atoms with Crippen molar-refractivity contribution in [3.05, 3.63) is 53.7 Å². The summed E-state index contributed by atoms with van der Waals surface area (Å²) in [5.41, 5.74) is 2.35. The number of imide groups is 1. The minimum absolute atomic E-state index is 0.258. The molecule has 3 aliphatic heterocycles. The van der Waals surface area contributed by atoms with Crippen molar-refractivity contribution in [3.63, 3.8) is 0 Å². The normalized spacial score (nSPS) is 22.8. The van der Waals surface area contributed by atoms with Crippen molar-refractivity contribution >= 4 is 28.5 Å². The predicted octanol–water partition coefficient (Wildman–Crippen LogP) is 3.18. The number of nitrogens with zero attached hydrogens (tertiary/aromatic N) is 2. The number of hydrogen-bond acceptors (Lipinski definition) is 4. The summed E-state index contributed by atoms with van der Waals surface area (Å²) in [6.07, 6.45) is 0.711. The van der Waals surface area contributed by atoms with Gasteiger partial charge in [0, 0.05) is 23.5 Å². The van der Waals surface area contributed by atoms with Gasteiger partial charge in [0.05, 0.1) is 11.4 Å². The zero-order valence-electron chi connectivity index (χ0n) is 15.9. The molecule has 0 saturated carbocycles. The van der Waals surface area contributed by atoms with Crippen molar-refractivity contribution < 1.29 is 19.1 Å². The zero-order valence-corrected chi connectivity index (χ0v) is 15.9. The zero-order chi connectivity index (χ0) is 19.8. The van der Waals surface area contributed by atoms with E-state index in [1.807, 2.05) is 25.1 Å².